The predicted molar refractivity (Wildman–Crippen MR) is 46.6 cm³/mol. The third-order valence-electron chi connectivity index (χ3n) is 1.32. The van der Waals surface area contributed by atoms with Crippen molar-refractivity contribution in [1.82, 2.24) is 4.98 Å². The van der Waals surface area contributed by atoms with E-state index in [1.807, 2.05) is 25.9 Å². The van der Waals surface area contributed by atoms with Crippen LogP contribution in [0.25, 0.3) is 0 Å². The third kappa shape index (κ3) is 1.57. The summed E-state index contributed by atoms with van der Waals surface area (Å²) in [5, 5.41) is 0.879. The van der Waals surface area contributed by atoms with Crippen LogP contribution >= 0.6 is 11.3 Å². The second kappa shape index (κ2) is 3.00. The quantitative estimate of drug-likeness (QED) is 0.628. The number of anilines is 1. The summed E-state index contributed by atoms with van der Waals surface area (Å²) >= 11 is 1.53. The van der Waals surface area contributed by atoms with Crippen molar-refractivity contribution in [1.29, 1.82) is 0 Å². The molecule has 1 rings (SSSR count). The number of hydrogen-bond donors (Lipinski definition) is 0. The molecule has 1 heterocycles. The van der Waals surface area contributed by atoms with E-state index in [4.69, 9.17) is 0 Å². The van der Waals surface area contributed by atoms with Crippen LogP contribution in [0.1, 0.15) is 15.4 Å². The Morgan fingerprint density at radius 1 is 1.55 bits per heavy atom. The summed E-state index contributed by atoms with van der Waals surface area (Å²) in [5.41, 5.74) is 0.554. The molecule has 0 fully saturated rings. The lowest BCUT2D eigenvalue weighted by Gasteiger charge is -2.04. The summed E-state index contributed by atoms with van der Waals surface area (Å²) in [7, 11) is 3.82. The average Bonchev–Trinajstić information content (AvgIpc) is 2.31. The van der Waals surface area contributed by atoms with E-state index in [9.17, 15) is 4.79 Å². The number of aromatic nitrogens is 1. The van der Waals surface area contributed by atoms with Crippen molar-refractivity contribution in [2.24, 2.45) is 0 Å². The molecule has 60 valence electrons. The van der Waals surface area contributed by atoms with Crippen LogP contribution < -0.4 is 4.90 Å². The van der Waals surface area contributed by atoms with Gasteiger partial charge >= 0.3 is 0 Å². The van der Waals surface area contributed by atoms with Gasteiger partial charge < -0.3 is 4.90 Å². The van der Waals surface area contributed by atoms with Crippen molar-refractivity contribution < 1.29 is 4.79 Å². The first kappa shape index (κ1) is 8.20. The average molecular weight is 170 g/mol. The highest BCUT2D eigenvalue weighted by molar-refractivity contribution is 7.15. The number of thiazole rings is 1. The van der Waals surface area contributed by atoms with Crippen molar-refractivity contribution >= 4 is 22.8 Å². The summed E-state index contributed by atoms with van der Waals surface area (Å²) < 4.78 is 0. The molecular weight excluding hydrogens is 160 g/mol. The predicted octanol–water partition coefficient (Wildman–Crippen LogP) is 1.33. The smallest absolute Gasteiger partial charge is 0.185 e. The molecule has 4 heteroatoms. The number of rotatable bonds is 2. The first-order chi connectivity index (χ1) is 5.15. The van der Waals surface area contributed by atoms with Gasteiger partial charge in [-0.1, -0.05) is 0 Å². The Balaban J connectivity index is 3.04. The lowest BCUT2D eigenvalue weighted by Crippen LogP contribution is -2.07. The maximum Gasteiger partial charge on any atom is 0.185 e. The van der Waals surface area contributed by atoms with Crippen molar-refractivity contribution in [3.8, 4) is 0 Å². The van der Waals surface area contributed by atoms with Crippen LogP contribution in [-0.4, -0.2) is 25.4 Å². The van der Waals surface area contributed by atoms with Gasteiger partial charge in [0.2, 0.25) is 0 Å². The molecule has 0 aliphatic rings. The molecular formula is C7H10N2OS. The van der Waals surface area contributed by atoms with Gasteiger partial charge in [-0.05, 0) is 6.92 Å². The molecule has 3 nitrogen and oxygen atoms in total. The molecule has 1 aromatic heterocycles. The number of hydrogen-bond acceptors (Lipinski definition) is 4. The van der Waals surface area contributed by atoms with Crippen LogP contribution in [-0.2, 0) is 0 Å². The molecule has 0 aliphatic carbocycles. The summed E-state index contributed by atoms with van der Waals surface area (Å²) in [4.78, 5) is 17.4. The van der Waals surface area contributed by atoms with E-state index >= 15 is 0 Å². The van der Waals surface area contributed by atoms with Gasteiger partial charge in [0.25, 0.3) is 0 Å². The fourth-order valence-electron chi connectivity index (χ4n) is 0.694. The minimum Gasteiger partial charge on any atom is -0.354 e. The minimum atomic E-state index is 0.554. The molecule has 0 saturated carbocycles. The third-order valence-corrected chi connectivity index (χ3v) is 2.47. The zero-order valence-electron chi connectivity index (χ0n) is 6.79. The van der Waals surface area contributed by atoms with Crippen LogP contribution in [0.4, 0.5) is 5.13 Å². The molecule has 0 amide bonds. The fraction of sp³-hybridized carbons (Fsp3) is 0.429. The highest BCUT2D eigenvalue weighted by atomic mass is 32.1. The number of aldehydes is 1. The molecule has 0 aliphatic heterocycles. The molecule has 0 unspecified atom stereocenters. The monoisotopic (exact) mass is 170 g/mol. The van der Waals surface area contributed by atoms with Gasteiger partial charge in [0.15, 0.2) is 11.4 Å². The number of aryl methyl sites for hydroxylation is 1. The van der Waals surface area contributed by atoms with E-state index < -0.39 is 0 Å². The van der Waals surface area contributed by atoms with Gasteiger partial charge in [0, 0.05) is 19.0 Å². The van der Waals surface area contributed by atoms with Crippen LogP contribution in [0.2, 0.25) is 0 Å². The Morgan fingerprint density at radius 2 is 2.18 bits per heavy atom. The zero-order chi connectivity index (χ0) is 8.43. The van der Waals surface area contributed by atoms with E-state index in [-0.39, 0.29) is 0 Å². The van der Waals surface area contributed by atoms with Gasteiger partial charge in [-0.15, -0.1) is 11.3 Å². The van der Waals surface area contributed by atoms with Gasteiger partial charge in [-0.25, -0.2) is 4.98 Å². The highest BCUT2D eigenvalue weighted by Crippen LogP contribution is 2.22. The Bertz CT molecular complexity index is 267. The van der Waals surface area contributed by atoms with Crippen LogP contribution in [0.5, 0.6) is 0 Å². The van der Waals surface area contributed by atoms with Crippen molar-refractivity contribution in [2.45, 2.75) is 6.92 Å². The Kier molecular flexibility index (Phi) is 2.24. The Morgan fingerprint density at radius 3 is 2.45 bits per heavy atom. The minimum absolute atomic E-state index is 0.554. The number of nitrogens with zero attached hydrogens (tertiary/aromatic N) is 2. The van der Waals surface area contributed by atoms with E-state index in [1.54, 1.807) is 0 Å². The number of carbonyl (C=O) groups is 1. The first-order valence-electron chi connectivity index (χ1n) is 3.25. The molecule has 1 aromatic rings. The Labute approximate surface area is 69.7 Å². The summed E-state index contributed by atoms with van der Waals surface area (Å²) in [6.45, 7) is 1.90. The van der Waals surface area contributed by atoms with E-state index in [1.165, 1.54) is 11.3 Å². The summed E-state index contributed by atoms with van der Waals surface area (Å²) in [6.07, 6.45) is 0.791. The zero-order valence-corrected chi connectivity index (χ0v) is 7.60. The molecule has 0 aromatic carbocycles. The summed E-state index contributed by atoms with van der Waals surface area (Å²) in [6, 6.07) is 0. The molecule has 0 bridgehead atoms. The van der Waals surface area contributed by atoms with Crippen LogP contribution in [0.15, 0.2) is 0 Å². The maximum absolute atomic E-state index is 10.4. The van der Waals surface area contributed by atoms with Gasteiger partial charge in [0.1, 0.15) is 5.69 Å². The van der Waals surface area contributed by atoms with Crippen LogP contribution in [0.3, 0.4) is 0 Å². The van der Waals surface area contributed by atoms with Crippen molar-refractivity contribution in [3.05, 3.63) is 10.6 Å². The molecule has 0 spiro atoms. The largest absolute Gasteiger partial charge is 0.354 e. The Hall–Kier alpha value is -0.900. The van der Waals surface area contributed by atoms with Gasteiger partial charge in [-0.3, -0.25) is 4.79 Å². The van der Waals surface area contributed by atoms with Crippen LogP contribution in [0, 0.1) is 6.92 Å². The molecule has 0 saturated heterocycles. The topological polar surface area (TPSA) is 33.2 Å². The molecule has 11 heavy (non-hydrogen) atoms. The second-order valence-electron chi connectivity index (χ2n) is 2.45. The van der Waals surface area contributed by atoms with Gasteiger partial charge in [-0.2, -0.15) is 0 Å². The SMILES string of the molecule is Cc1sc(N(C)C)nc1C=O. The second-order valence-corrected chi connectivity index (χ2v) is 3.63. The van der Waals surface area contributed by atoms with E-state index in [0.29, 0.717) is 5.69 Å². The first-order valence-corrected chi connectivity index (χ1v) is 4.06. The normalized spacial score (nSPS) is 9.73. The molecule has 0 radical (unpaired) electrons. The lowest BCUT2D eigenvalue weighted by molar-refractivity contribution is 0.111. The highest BCUT2D eigenvalue weighted by Gasteiger charge is 2.06. The number of carbonyl (C=O) groups excluding carboxylic acids is 1. The van der Waals surface area contributed by atoms with Crippen molar-refractivity contribution in [2.75, 3.05) is 19.0 Å². The fourth-order valence-corrected chi connectivity index (χ4v) is 1.49. The van der Waals surface area contributed by atoms with Crippen molar-refractivity contribution in [3.63, 3.8) is 0 Å². The maximum atomic E-state index is 10.4. The molecule has 0 atom stereocenters. The molecule has 0 N–H and O–H groups in total. The van der Waals surface area contributed by atoms with E-state index in [0.717, 1.165) is 16.3 Å². The lowest BCUT2D eigenvalue weighted by atomic mass is 10.4. The standard InChI is InChI=1S/C7H10N2OS/c1-5-6(4-10)8-7(11-5)9(2)3/h4H,1-3H3. The van der Waals surface area contributed by atoms with Gasteiger partial charge in [0.05, 0.1) is 0 Å². The summed E-state index contributed by atoms with van der Waals surface area (Å²) in [5.74, 6) is 0. The van der Waals surface area contributed by atoms with E-state index in [2.05, 4.69) is 4.98 Å².